The van der Waals surface area contributed by atoms with Gasteiger partial charge in [-0.1, -0.05) is 6.08 Å². The molecule has 1 atom stereocenters. The molecule has 0 aromatic carbocycles. The SMILES string of the molecule is O=C(CNC1C=CS(=O)(=O)C1)NC1CCOCC1. The zero-order valence-electron chi connectivity index (χ0n) is 10.1. The number of amides is 1. The lowest BCUT2D eigenvalue weighted by Gasteiger charge is -2.23. The first kappa shape index (κ1) is 13.5. The number of rotatable bonds is 4. The van der Waals surface area contributed by atoms with Gasteiger partial charge in [-0.05, 0) is 12.8 Å². The maximum absolute atomic E-state index is 11.6. The van der Waals surface area contributed by atoms with Crippen LogP contribution in [0.15, 0.2) is 11.5 Å². The topological polar surface area (TPSA) is 84.5 Å². The molecule has 1 fully saturated rings. The second kappa shape index (κ2) is 5.81. The molecule has 7 heteroatoms. The molecule has 0 bridgehead atoms. The van der Waals surface area contributed by atoms with Crippen LogP contribution in [0.1, 0.15) is 12.8 Å². The highest BCUT2D eigenvalue weighted by atomic mass is 32.2. The third kappa shape index (κ3) is 4.08. The second-order valence-corrected chi connectivity index (χ2v) is 6.53. The Labute approximate surface area is 107 Å². The molecule has 0 aliphatic carbocycles. The average molecular weight is 274 g/mol. The van der Waals surface area contributed by atoms with Crippen LogP contribution in [-0.4, -0.2) is 51.9 Å². The third-order valence-electron chi connectivity index (χ3n) is 3.04. The Morgan fingerprint density at radius 1 is 1.33 bits per heavy atom. The van der Waals surface area contributed by atoms with Crippen LogP contribution in [0, 0.1) is 0 Å². The van der Waals surface area contributed by atoms with Crippen LogP contribution in [-0.2, 0) is 19.4 Å². The second-order valence-electron chi connectivity index (χ2n) is 4.60. The van der Waals surface area contributed by atoms with Crippen LogP contribution in [0.25, 0.3) is 0 Å². The summed E-state index contributed by atoms with van der Waals surface area (Å²) in [4.78, 5) is 11.6. The zero-order chi connectivity index (χ0) is 13.0. The summed E-state index contributed by atoms with van der Waals surface area (Å²) in [7, 11) is -3.06. The van der Waals surface area contributed by atoms with E-state index in [9.17, 15) is 13.2 Å². The molecule has 2 rings (SSSR count). The fourth-order valence-electron chi connectivity index (χ4n) is 2.05. The van der Waals surface area contributed by atoms with Gasteiger partial charge in [0.25, 0.3) is 0 Å². The molecule has 102 valence electrons. The predicted molar refractivity (Wildman–Crippen MR) is 66.7 cm³/mol. The summed E-state index contributed by atoms with van der Waals surface area (Å²) in [6.07, 6.45) is 3.25. The Kier molecular flexibility index (Phi) is 4.36. The van der Waals surface area contributed by atoms with Gasteiger partial charge in [-0.2, -0.15) is 0 Å². The van der Waals surface area contributed by atoms with Gasteiger partial charge in [-0.15, -0.1) is 0 Å². The molecule has 18 heavy (non-hydrogen) atoms. The fraction of sp³-hybridized carbons (Fsp3) is 0.727. The quantitative estimate of drug-likeness (QED) is 0.700. The van der Waals surface area contributed by atoms with Crippen LogP contribution in [0.5, 0.6) is 0 Å². The molecule has 2 N–H and O–H groups in total. The molecule has 2 aliphatic rings. The molecular weight excluding hydrogens is 256 g/mol. The minimum atomic E-state index is -3.06. The molecule has 0 saturated carbocycles. The Morgan fingerprint density at radius 2 is 2.06 bits per heavy atom. The summed E-state index contributed by atoms with van der Waals surface area (Å²) in [5.74, 6) is -0.0584. The lowest BCUT2D eigenvalue weighted by Crippen LogP contribution is -2.45. The summed E-state index contributed by atoms with van der Waals surface area (Å²) in [6, 6.07) is -0.0775. The van der Waals surface area contributed by atoms with Gasteiger partial charge in [0.15, 0.2) is 9.84 Å². The van der Waals surface area contributed by atoms with Crippen molar-refractivity contribution in [1.82, 2.24) is 10.6 Å². The molecule has 2 aliphatic heterocycles. The van der Waals surface area contributed by atoms with Gasteiger partial charge in [-0.3, -0.25) is 4.79 Å². The van der Waals surface area contributed by atoms with Crippen molar-refractivity contribution in [3.63, 3.8) is 0 Å². The molecule has 2 heterocycles. The first-order valence-electron chi connectivity index (χ1n) is 6.07. The highest BCUT2D eigenvalue weighted by Gasteiger charge is 2.22. The molecule has 1 amide bonds. The van der Waals surface area contributed by atoms with Gasteiger partial charge in [0.2, 0.25) is 5.91 Å². The van der Waals surface area contributed by atoms with E-state index in [2.05, 4.69) is 10.6 Å². The van der Waals surface area contributed by atoms with Crippen molar-refractivity contribution in [2.24, 2.45) is 0 Å². The average Bonchev–Trinajstić information content (AvgIpc) is 2.68. The van der Waals surface area contributed by atoms with Gasteiger partial charge in [0.1, 0.15) is 0 Å². The summed E-state index contributed by atoms with van der Waals surface area (Å²) in [5, 5.41) is 7.02. The molecular formula is C11H18N2O4S. The smallest absolute Gasteiger partial charge is 0.234 e. The standard InChI is InChI=1S/C11H18N2O4S/c14-11(13-9-1-4-17-5-2-9)7-12-10-3-6-18(15,16)8-10/h3,6,9-10,12H,1-2,4-5,7-8H2,(H,13,14). The Bertz CT molecular complexity index is 426. The molecule has 1 saturated heterocycles. The summed E-state index contributed by atoms with van der Waals surface area (Å²) in [5.41, 5.74) is 0. The fourth-order valence-corrected chi connectivity index (χ4v) is 3.32. The third-order valence-corrected chi connectivity index (χ3v) is 4.44. The summed E-state index contributed by atoms with van der Waals surface area (Å²) >= 11 is 0. The number of carbonyl (C=O) groups is 1. The minimum Gasteiger partial charge on any atom is -0.381 e. The monoisotopic (exact) mass is 274 g/mol. The first-order valence-corrected chi connectivity index (χ1v) is 7.78. The zero-order valence-corrected chi connectivity index (χ0v) is 10.9. The summed E-state index contributed by atoms with van der Waals surface area (Å²) in [6.45, 7) is 1.51. The molecule has 0 radical (unpaired) electrons. The van der Waals surface area contributed by atoms with Crippen molar-refractivity contribution in [3.05, 3.63) is 11.5 Å². The van der Waals surface area contributed by atoms with E-state index in [4.69, 9.17) is 4.74 Å². The van der Waals surface area contributed by atoms with E-state index in [-0.39, 0.29) is 30.3 Å². The van der Waals surface area contributed by atoms with E-state index >= 15 is 0 Å². The highest BCUT2D eigenvalue weighted by Crippen LogP contribution is 2.08. The number of carbonyl (C=O) groups excluding carboxylic acids is 1. The summed E-state index contributed by atoms with van der Waals surface area (Å²) < 4.78 is 27.5. The lowest BCUT2D eigenvalue weighted by molar-refractivity contribution is -0.121. The van der Waals surface area contributed by atoms with E-state index in [1.165, 1.54) is 5.41 Å². The van der Waals surface area contributed by atoms with E-state index < -0.39 is 9.84 Å². The minimum absolute atomic E-state index is 0.0392. The van der Waals surface area contributed by atoms with E-state index in [0.29, 0.717) is 13.2 Å². The maximum atomic E-state index is 11.6. The van der Waals surface area contributed by atoms with Crippen molar-refractivity contribution in [2.75, 3.05) is 25.5 Å². The van der Waals surface area contributed by atoms with Gasteiger partial charge in [0.05, 0.1) is 12.3 Å². The van der Waals surface area contributed by atoms with Crippen LogP contribution in [0.2, 0.25) is 0 Å². The van der Waals surface area contributed by atoms with Gasteiger partial charge < -0.3 is 15.4 Å². The van der Waals surface area contributed by atoms with Crippen molar-refractivity contribution < 1.29 is 17.9 Å². The Morgan fingerprint density at radius 3 is 2.67 bits per heavy atom. The van der Waals surface area contributed by atoms with Gasteiger partial charge in [-0.25, -0.2) is 8.42 Å². The Balaban J connectivity index is 1.67. The predicted octanol–water partition coefficient (Wildman–Crippen LogP) is -0.818. The van der Waals surface area contributed by atoms with Crippen LogP contribution >= 0.6 is 0 Å². The highest BCUT2D eigenvalue weighted by molar-refractivity contribution is 7.94. The van der Waals surface area contributed by atoms with Crippen molar-refractivity contribution in [2.45, 2.75) is 24.9 Å². The molecule has 0 aromatic heterocycles. The van der Waals surface area contributed by atoms with Crippen LogP contribution in [0.3, 0.4) is 0 Å². The lowest BCUT2D eigenvalue weighted by atomic mass is 10.1. The number of nitrogens with one attached hydrogen (secondary N) is 2. The molecule has 6 nitrogen and oxygen atoms in total. The van der Waals surface area contributed by atoms with Gasteiger partial charge >= 0.3 is 0 Å². The normalized spacial score (nSPS) is 27.2. The van der Waals surface area contributed by atoms with Crippen LogP contribution < -0.4 is 10.6 Å². The number of hydrogen-bond acceptors (Lipinski definition) is 5. The largest absolute Gasteiger partial charge is 0.381 e. The van der Waals surface area contributed by atoms with Crippen molar-refractivity contribution in [1.29, 1.82) is 0 Å². The van der Waals surface area contributed by atoms with Crippen LogP contribution in [0.4, 0.5) is 0 Å². The molecule has 0 aromatic rings. The Hall–Kier alpha value is -0.920. The van der Waals surface area contributed by atoms with E-state index in [1.807, 2.05) is 0 Å². The number of sulfone groups is 1. The van der Waals surface area contributed by atoms with Crippen molar-refractivity contribution in [3.8, 4) is 0 Å². The van der Waals surface area contributed by atoms with Crippen molar-refractivity contribution >= 4 is 15.7 Å². The van der Waals surface area contributed by atoms with E-state index in [0.717, 1.165) is 12.8 Å². The van der Waals surface area contributed by atoms with Gasteiger partial charge in [0, 0.05) is 30.7 Å². The number of ether oxygens (including phenoxy) is 1. The van der Waals surface area contributed by atoms with E-state index in [1.54, 1.807) is 6.08 Å². The number of hydrogen-bond donors (Lipinski definition) is 2. The molecule has 1 unspecified atom stereocenters. The maximum Gasteiger partial charge on any atom is 0.234 e. The first-order chi connectivity index (χ1) is 8.55. The molecule has 0 spiro atoms.